The quantitative estimate of drug-likeness (QED) is 0.883. The van der Waals surface area contributed by atoms with Crippen LogP contribution in [0.15, 0.2) is 18.2 Å². The van der Waals surface area contributed by atoms with Gasteiger partial charge >= 0.3 is 0 Å². The molecule has 0 radical (unpaired) electrons. The van der Waals surface area contributed by atoms with Crippen molar-refractivity contribution in [1.82, 2.24) is 19.7 Å². The molecule has 0 bridgehead atoms. The van der Waals surface area contributed by atoms with Crippen molar-refractivity contribution in [3.8, 4) is 5.82 Å². The van der Waals surface area contributed by atoms with E-state index in [4.69, 9.17) is 0 Å². The molecule has 5 heteroatoms. The molecular weight excluding hydrogens is 226 g/mol. The van der Waals surface area contributed by atoms with Gasteiger partial charge in [-0.15, -0.1) is 5.10 Å². The second-order valence-electron chi connectivity index (χ2n) is 5.37. The summed E-state index contributed by atoms with van der Waals surface area (Å²) in [6.07, 6.45) is 0. The van der Waals surface area contributed by atoms with Gasteiger partial charge in [0.15, 0.2) is 5.82 Å². The van der Waals surface area contributed by atoms with Crippen molar-refractivity contribution in [2.24, 2.45) is 0 Å². The van der Waals surface area contributed by atoms with Gasteiger partial charge in [-0.25, -0.2) is 9.97 Å². The van der Waals surface area contributed by atoms with E-state index in [0.29, 0.717) is 0 Å². The molecule has 2 heterocycles. The molecule has 0 amide bonds. The first-order chi connectivity index (χ1) is 8.35. The molecule has 2 aromatic heterocycles. The molecule has 1 N–H and O–H groups in total. The van der Waals surface area contributed by atoms with E-state index in [9.17, 15) is 0 Å². The van der Waals surface area contributed by atoms with Crippen molar-refractivity contribution in [3.63, 3.8) is 0 Å². The second kappa shape index (κ2) is 4.40. The predicted molar refractivity (Wildman–Crippen MR) is 72.0 cm³/mol. The summed E-state index contributed by atoms with van der Waals surface area (Å²) in [4.78, 5) is 8.84. The van der Waals surface area contributed by atoms with Crippen LogP contribution < -0.4 is 5.32 Å². The van der Waals surface area contributed by atoms with Gasteiger partial charge in [0.05, 0.1) is 0 Å². The van der Waals surface area contributed by atoms with Crippen molar-refractivity contribution >= 4 is 5.82 Å². The lowest BCUT2D eigenvalue weighted by molar-refractivity contribution is 0.629. The van der Waals surface area contributed by atoms with Crippen LogP contribution in [-0.4, -0.2) is 25.3 Å². The normalized spacial score (nSPS) is 11.6. The van der Waals surface area contributed by atoms with Gasteiger partial charge < -0.3 is 5.32 Å². The van der Waals surface area contributed by atoms with Crippen molar-refractivity contribution in [2.75, 3.05) is 5.32 Å². The summed E-state index contributed by atoms with van der Waals surface area (Å²) in [6, 6.07) is 5.84. The molecule has 0 saturated carbocycles. The van der Waals surface area contributed by atoms with E-state index in [2.05, 4.69) is 41.2 Å². The highest BCUT2D eigenvalue weighted by atomic mass is 15.4. The van der Waals surface area contributed by atoms with Crippen molar-refractivity contribution in [1.29, 1.82) is 0 Å². The zero-order valence-electron chi connectivity index (χ0n) is 11.5. The van der Waals surface area contributed by atoms with E-state index in [0.717, 1.165) is 23.3 Å². The Bertz CT molecular complexity index is 551. The minimum absolute atomic E-state index is 0.0149. The summed E-state index contributed by atoms with van der Waals surface area (Å²) in [5, 5.41) is 7.68. The highest BCUT2D eigenvalue weighted by Crippen LogP contribution is 2.14. The maximum Gasteiger partial charge on any atom is 0.157 e. The predicted octanol–water partition coefficient (Wildman–Crippen LogP) is 2.49. The fourth-order valence-corrected chi connectivity index (χ4v) is 1.73. The lowest BCUT2D eigenvalue weighted by atomic mass is 10.1. The van der Waals surface area contributed by atoms with Gasteiger partial charge in [0.1, 0.15) is 17.5 Å². The zero-order valence-corrected chi connectivity index (χ0v) is 11.5. The molecule has 0 fully saturated rings. The molecule has 2 rings (SSSR count). The smallest absolute Gasteiger partial charge is 0.157 e. The number of aryl methyl sites for hydroxylation is 2. The van der Waals surface area contributed by atoms with Gasteiger partial charge in [-0.2, -0.15) is 4.68 Å². The van der Waals surface area contributed by atoms with Crippen LogP contribution >= 0.6 is 0 Å². The number of nitrogens with zero attached hydrogens (tertiary/aromatic N) is 4. The number of pyridine rings is 1. The van der Waals surface area contributed by atoms with Crippen molar-refractivity contribution in [3.05, 3.63) is 29.8 Å². The Kier molecular flexibility index (Phi) is 3.07. The second-order valence-corrected chi connectivity index (χ2v) is 5.37. The molecule has 0 atom stereocenters. The molecule has 0 aliphatic heterocycles. The average molecular weight is 245 g/mol. The Labute approximate surface area is 107 Å². The van der Waals surface area contributed by atoms with E-state index in [-0.39, 0.29) is 5.54 Å². The first-order valence-corrected chi connectivity index (χ1v) is 6.01. The molecule has 0 aliphatic rings. The summed E-state index contributed by atoms with van der Waals surface area (Å²) >= 11 is 0. The standard InChI is InChI=1S/C13H19N5/c1-9-14-10(2)18(17-9)12-8-6-7-11(15-12)16-13(3,4)5/h6-8H,1-5H3,(H,15,16). The van der Waals surface area contributed by atoms with Gasteiger partial charge in [-0.1, -0.05) is 6.07 Å². The first kappa shape index (κ1) is 12.5. The van der Waals surface area contributed by atoms with E-state index < -0.39 is 0 Å². The maximum absolute atomic E-state index is 4.55. The number of hydrogen-bond donors (Lipinski definition) is 1. The fraction of sp³-hybridized carbons (Fsp3) is 0.462. The zero-order chi connectivity index (χ0) is 13.3. The van der Waals surface area contributed by atoms with E-state index >= 15 is 0 Å². The van der Waals surface area contributed by atoms with Gasteiger partial charge in [0.25, 0.3) is 0 Å². The van der Waals surface area contributed by atoms with Crippen LogP contribution in [0, 0.1) is 13.8 Å². The van der Waals surface area contributed by atoms with Gasteiger partial charge in [-0.05, 0) is 46.8 Å². The SMILES string of the molecule is Cc1nc(C)n(-c2cccc(NC(C)(C)C)n2)n1. The summed E-state index contributed by atoms with van der Waals surface area (Å²) in [6.45, 7) is 10.1. The van der Waals surface area contributed by atoms with E-state index in [1.165, 1.54) is 0 Å². The maximum atomic E-state index is 4.55. The topological polar surface area (TPSA) is 55.6 Å². The molecule has 0 unspecified atom stereocenters. The monoisotopic (exact) mass is 245 g/mol. The Balaban J connectivity index is 2.36. The van der Waals surface area contributed by atoms with Gasteiger partial charge in [0.2, 0.25) is 0 Å². The van der Waals surface area contributed by atoms with Crippen LogP contribution in [0.4, 0.5) is 5.82 Å². The van der Waals surface area contributed by atoms with Gasteiger partial charge in [0, 0.05) is 5.54 Å². The number of aromatic nitrogens is 4. The third-order valence-corrected chi connectivity index (χ3v) is 2.33. The minimum atomic E-state index is -0.0149. The molecule has 0 aliphatic carbocycles. The Morgan fingerprint density at radius 1 is 1.11 bits per heavy atom. The van der Waals surface area contributed by atoms with Crippen LogP contribution in [-0.2, 0) is 0 Å². The highest BCUT2D eigenvalue weighted by molar-refractivity contribution is 5.41. The highest BCUT2D eigenvalue weighted by Gasteiger charge is 2.11. The molecule has 2 aromatic rings. The van der Waals surface area contributed by atoms with Crippen LogP contribution in [0.2, 0.25) is 0 Å². The molecule has 0 saturated heterocycles. The van der Waals surface area contributed by atoms with E-state index in [1.807, 2.05) is 32.0 Å². The molecule has 5 nitrogen and oxygen atoms in total. The molecule has 0 spiro atoms. The number of hydrogen-bond acceptors (Lipinski definition) is 4. The van der Waals surface area contributed by atoms with Crippen molar-refractivity contribution < 1.29 is 0 Å². The first-order valence-electron chi connectivity index (χ1n) is 6.01. The lowest BCUT2D eigenvalue weighted by Crippen LogP contribution is -2.26. The Morgan fingerprint density at radius 2 is 1.83 bits per heavy atom. The summed E-state index contributed by atoms with van der Waals surface area (Å²) in [7, 11) is 0. The third-order valence-electron chi connectivity index (χ3n) is 2.33. The summed E-state index contributed by atoms with van der Waals surface area (Å²) < 4.78 is 1.75. The third kappa shape index (κ3) is 2.85. The van der Waals surface area contributed by atoms with E-state index in [1.54, 1.807) is 4.68 Å². The number of rotatable bonds is 2. The Hall–Kier alpha value is -1.91. The molecular formula is C13H19N5. The van der Waals surface area contributed by atoms with Crippen molar-refractivity contribution in [2.45, 2.75) is 40.2 Å². The average Bonchev–Trinajstić information content (AvgIpc) is 2.55. The van der Waals surface area contributed by atoms with Crippen LogP contribution in [0.25, 0.3) is 5.82 Å². The van der Waals surface area contributed by atoms with Crippen LogP contribution in [0.3, 0.4) is 0 Å². The Morgan fingerprint density at radius 3 is 2.39 bits per heavy atom. The fourth-order valence-electron chi connectivity index (χ4n) is 1.73. The molecule has 0 aromatic carbocycles. The van der Waals surface area contributed by atoms with Crippen LogP contribution in [0.1, 0.15) is 32.4 Å². The summed E-state index contributed by atoms with van der Waals surface area (Å²) in [5.74, 6) is 3.21. The minimum Gasteiger partial charge on any atom is -0.365 e. The molecule has 18 heavy (non-hydrogen) atoms. The summed E-state index contributed by atoms with van der Waals surface area (Å²) in [5.41, 5.74) is -0.0149. The number of anilines is 1. The van der Waals surface area contributed by atoms with Crippen LogP contribution in [0.5, 0.6) is 0 Å². The number of nitrogens with one attached hydrogen (secondary N) is 1. The lowest BCUT2D eigenvalue weighted by Gasteiger charge is -2.21. The van der Waals surface area contributed by atoms with Gasteiger partial charge in [-0.3, -0.25) is 0 Å². The molecule has 96 valence electrons. The largest absolute Gasteiger partial charge is 0.365 e.